The Kier molecular flexibility index (Phi) is 5.16. The lowest BCUT2D eigenvalue weighted by molar-refractivity contribution is -0.115. The van der Waals surface area contributed by atoms with Crippen LogP contribution in [0.3, 0.4) is 0 Å². The highest BCUT2D eigenvalue weighted by Crippen LogP contribution is 2.23. The van der Waals surface area contributed by atoms with Crippen molar-refractivity contribution in [3.05, 3.63) is 46.7 Å². The van der Waals surface area contributed by atoms with E-state index in [9.17, 15) is 18.0 Å². The van der Waals surface area contributed by atoms with Crippen molar-refractivity contribution in [2.75, 3.05) is 11.9 Å². The highest BCUT2D eigenvalue weighted by atomic mass is 32.2. The Morgan fingerprint density at radius 2 is 1.96 bits per heavy atom. The molecular weight excluding hydrogens is 362 g/mol. The van der Waals surface area contributed by atoms with Gasteiger partial charge < -0.3 is 10.6 Å². The van der Waals surface area contributed by atoms with Gasteiger partial charge in [-0.3, -0.25) is 9.59 Å². The average Bonchev–Trinajstić information content (AvgIpc) is 3.21. The molecule has 9 heteroatoms. The van der Waals surface area contributed by atoms with E-state index < -0.39 is 15.9 Å². The van der Waals surface area contributed by atoms with E-state index >= 15 is 0 Å². The van der Waals surface area contributed by atoms with Gasteiger partial charge in [0.15, 0.2) is 0 Å². The van der Waals surface area contributed by atoms with Crippen LogP contribution in [0.5, 0.6) is 0 Å². The molecule has 1 aromatic heterocycles. The standard InChI is InChI=1S/C16H17N3O4S2/c20-15(10-17-16(21)14-5-2-8-24-14)18-12-3-1-4-13(9-12)25(22,23)19-11-6-7-11/h1-5,8-9,11,19H,6-7,10H2,(H,17,21)(H,18,20). The first kappa shape index (κ1) is 17.6. The summed E-state index contributed by atoms with van der Waals surface area (Å²) in [5.41, 5.74) is 0.356. The van der Waals surface area contributed by atoms with Gasteiger partial charge in [0.25, 0.3) is 5.91 Å². The van der Waals surface area contributed by atoms with Crippen molar-refractivity contribution in [1.82, 2.24) is 10.0 Å². The molecule has 0 bridgehead atoms. The van der Waals surface area contributed by atoms with Crippen LogP contribution in [0.15, 0.2) is 46.7 Å². The van der Waals surface area contributed by atoms with Crippen molar-refractivity contribution in [2.45, 2.75) is 23.8 Å². The lowest BCUT2D eigenvalue weighted by atomic mass is 10.3. The van der Waals surface area contributed by atoms with Gasteiger partial charge in [0, 0.05) is 11.7 Å². The van der Waals surface area contributed by atoms with Crippen LogP contribution >= 0.6 is 11.3 Å². The molecule has 1 aromatic carbocycles. The number of carbonyl (C=O) groups excluding carboxylic acids is 2. The third-order valence-electron chi connectivity index (χ3n) is 3.48. The zero-order chi connectivity index (χ0) is 17.9. The normalized spacial score (nSPS) is 14.1. The van der Waals surface area contributed by atoms with E-state index in [-0.39, 0.29) is 23.4 Å². The third kappa shape index (κ3) is 4.88. The molecule has 132 valence electrons. The Balaban J connectivity index is 1.58. The minimum absolute atomic E-state index is 0.00992. The van der Waals surface area contributed by atoms with Gasteiger partial charge in [-0.2, -0.15) is 0 Å². The molecule has 1 aliphatic rings. The Labute approximate surface area is 149 Å². The Morgan fingerprint density at radius 1 is 1.16 bits per heavy atom. The average molecular weight is 379 g/mol. The predicted molar refractivity (Wildman–Crippen MR) is 95.1 cm³/mol. The van der Waals surface area contributed by atoms with Crippen molar-refractivity contribution < 1.29 is 18.0 Å². The Morgan fingerprint density at radius 3 is 2.64 bits per heavy atom. The quantitative estimate of drug-likeness (QED) is 0.679. The molecule has 0 unspecified atom stereocenters. The molecule has 0 spiro atoms. The fourth-order valence-electron chi connectivity index (χ4n) is 2.09. The summed E-state index contributed by atoms with van der Waals surface area (Å²) in [4.78, 5) is 24.4. The molecule has 3 rings (SSSR count). The van der Waals surface area contributed by atoms with E-state index in [1.807, 2.05) is 0 Å². The second kappa shape index (κ2) is 7.34. The van der Waals surface area contributed by atoms with Crippen LogP contribution in [-0.2, 0) is 14.8 Å². The predicted octanol–water partition coefficient (Wildman–Crippen LogP) is 1.56. The summed E-state index contributed by atoms with van der Waals surface area (Å²) in [5.74, 6) is -0.760. The zero-order valence-electron chi connectivity index (χ0n) is 13.2. The van der Waals surface area contributed by atoms with Gasteiger partial charge in [-0.15, -0.1) is 11.3 Å². The van der Waals surface area contributed by atoms with Gasteiger partial charge in [0.05, 0.1) is 16.3 Å². The summed E-state index contributed by atoms with van der Waals surface area (Å²) in [6.45, 7) is -0.200. The molecule has 0 saturated heterocycles. The van der Waals surface area contributed by atoms with Gasteiger partial charge in [-0.05, 0) is 42.5 Å². The number of carbonyl (C=O) groups is 2. The number of amides is 2. The summed E-state index contributed by atoms with van der Waals surface area (Å²) < 4.78 is 27.0. The SMILES string of the molecule is O=C(CNC(=O)c1cccs1)Nc1cccc(S(=O)(=O)NC2CC2)c1. The number of sulfonamides is 1. The monoisotopic (exact) mass is 379 g/mol. The molecular formula is C16H17N3O4S2. The summed E-state index contributed by atoms with van der Waals surface area (Å²) in [6, 6.07) is 9.44. The van der Waals surface area contributed by atoms with Gasteiger partial charge in [-0.1, -0.05) is 12.1 Å². The zero-order valence-corrected chi connectivity index (χ0v) is 14.8. The molecule has 7 nitrogen and oxygen atoms in total. The molecule has 1 fully saturated rings. The van der Waals surface area contributed by atoms with Crippen LogP contribution in [0.2, 0.25) is 0 Å². The van der Waals surface area contributed by atoms with E-state index in [2.05, 4.69) is 15.4 Å². The summed E-state index contributed by atoms with van der Waals surface area (Å²) >= 11 is 1.28. The molecule has 0 aliphatic heterocycles. The van der Waals surface area contributed by atoms with E-state index in [4.69, 9.17) is 0 Å². The maximum Gasteiger partial charge on any atom is 0.261 e. The van der Waals surface area contributed by atoms with Crippen molar-refractivity contribution in [3.8, 4) is 0 Å². The first-order valence-corrected chi connectivity index (χ1v) is 10.0. The topological polar surface area (TPSA) is 104 Å². The second-order valence-corrected chi connectivity index (χ2v) is 8.29. The molecule has 0 atom stereocenters. The minimum Gasteiger partial charge on any atom is -0.342 e. The number of benzene rings is 1. The summed E-state index contributed by atoms with van der Waals surface area (Å²) in [6.07, 6.45) is 1.69. The fraction of sp³-hybridized carbons (Fsp3) is 0.250. The molecule has 3 N–H and O–H groups in total. The van der Waals surface area contributed by atoms with E-state index in [1.165, 1.54) is 23.5 Å². The third-order valence-corrected chi connectivity index (χ3v) is 5.87. The van der Waals surface area contributed by atoms with Crippen LogP contribution in [0, 0.1) is 0 Å². The summed E-state index contributed by atoms with van der Waals surface area (Å²) in [7, 11) is -3.58. The highest BCUT2D eigenvalue weighted by Gasteiger charge is 2.28. The van der Waals surface area contributed by atoms with Crippen LogP contribution in [0.25, 0.3) is 0 Å². The first-order valence-electron chi connectivity index (χ1n) is 7.68. The van der Waals surface area contributed by atoms with Crippen molar-refractivity contribution in [3.63, 3.8) is 0 Å². The lowest BCUT2D eigenvalue weighted by Gasteiger charge is -2.09. The van der Waals surface area contributed by atoms with Crippen LogP contribution in [-0.4, -0.2) is 32.8 Å². The van der Waals surface area contributed by atoms with Crippen LogP contribution < -0.4 is 15.4 Å². The number of hydrogen-bond acceptors (Lipinski definition) is 5. The van der Waals surface area contributed by atoms with Crippen molar-refractivity contribution in [1.29, 1.82) is 0 Å². The van der Waals surface area contributed by atoms with Gasteiger partial charge in [0.1, 0.15) is 0 Å². The molecule has 25 heavy (non-hydrogen) atoms. The van der Waals surface area contributed by atoms with E-state index in [1.54, 1.807) is 29.6 Å². The maximum absolute atomic E-state index is 12.2. The largest absolute Gasteiger partial charge is 0.342 e. The second-order valence-electron chi connectivity index (χ2n) is 5.63. The Bertz CT molecular complexity index is 875. The van der Waals surface area contributed by atoms with E-state index in [0.717, 1.165) is 12.8 Å². The van der Waals surface area contributed by atoms with Crippen LogP contribution in [0.4, 0.5) is 5.69 Å². The number of nitrogens with one attached hydrogen (secondary N) is 3. The maximum atomic E-state index is 12.2. The smallest absolute Gasteiger partial charge is 0.261 e. The molecule has 1 aliphatic carbocycles. The highest BCUT2D eigenvalue weighted by molar-refractivity contribution is 7.89. The molecule has 1 heterocycles. The molecule has 2 amide bonds. The van der Waals surface area contributed by atoms with Gasteiger partial charge in [0.2, 0.25) is 15.9 Å². The van der Waals surface area contributed by atoms with Crippen LogP contribution in [0.1, 0.15) is 22.5 Å². The van der Waals surface area contributed by atoms with E-state index in [0.29, 0.717) is 10.6 Å². The Hall–Kier alpha value is -2.23. The lowest BCUT2D eigenvalue weighted by Crippen LogP contribution is -2.32. The number of rotatable bonds is 7. The first-order chi connectivity index (χ1) is 11.9. The van der Waals surface area contributed by atoms with Crippen molar-refractivity contribution in [2.24, 2.45) is 0 Å². The minimum atomic E-state index is -3.58. The number of hydrogen-bond donors (Lipinski definition) is 3. The molecule has 2 aromatic rings. The van der Waals surface area contributed by atoms with Gasteiger partial charge >= 0.3 is 0 Å². The van der Waals surface area contributed by atoms with Crippen molar-refractivity contribution >= 4 is 38.9 Å². The number of thiophene rings is 1. The summed E-state index contributed by atoms with van der Waals surface area (Å²) in [5, 5.41) is 6.87. The molecule has 0 radical (unpaired) electrons. The van der Waals surface area contributed by atoms with Gasteiger partial charge in [-0.25, -0.2) is 13.1 Å². The fourth-order valence-corrected chi connectivity index (χ4v) is 4.08. The molecule has 1 saturated carbocycles. The number of anilines is 1.